The highest BCUT2D eigenvalue weighted by atomic mass is 127. The molecule has 2 rings (SSSR count). The Kier molecular flexibility index (Phi) is 3.11. The van der Waals surface area contributed by atoms with Crippen LogP contribution in [-0.2, 0) is 17.6 Å². The van der Waals surface area contributed by atoms with E-state index in [0.717, 1.165) is 17.7 Å². The van der Waals surface area contributed by atoms with Crippen molar-refractivity contribution in [1.82, 2.24) is 0 Å². The lowest BCUT2D eigenvalue weighted by atomic mass is 9.94. The Morgan fingerprint density at radius 2 is 2.00 bits per heavy atom. The molecule has 1 aromatic rings. The number of halogens is 1. The summed E-state index contributed by atoms with van der Waals surface area (Å²) in [5, 5.41) is 0. The van der Waals surface area contributed by atoms with Gasteiger partial charge in [0, 0.05) is 0 Å². The third kappa shape index (κ3) is 1.69. The number of carbonyl (C=O) groups is 1. The summed E-state index contributed by atoms with van der Waals surface area (Å²) in [4.78, 5) is 12.3. The first-order valence-corrected chi connectivity index (χ1v) is 6.52. The molecule has 1 aliphatic carbocycles. The first-order valence-electron chi connectivity index (χ1n) is 4.62. The lowest BCUT2D eigenvalue weighted by molar-refractivity contribution is 0.0605. The molecule has 4 heteroatoms. The summed E-state index contributed by atoms with van der Waals surface area (Å²) in [5.41, 5.74) is 2.64. The Labute approximate surface area is 101 Å². The van der Waals surface area contributed by atoms with Crippen molar-refractivity contribution >= 4 is 39.9 Å². The second kappa shape index (κ2) is 4.18. The van der Waals surface area contributed by atoms with Crippen molar-refractivity contribution in [2.75, 3.05) is 7.11 Å². The first-order chi connectivity index (χ1) is 6.74. The smallest absolute Gasteiger partial charge is 0.348 e. The van der Waals surface area contributed by atoms with Gasteiger partial charge in [-0.2, -0.15) is 0 Å². The lowest BCUT2D eigenvalue weighted by Crippen LogP contribution is -2.07. The maximum Gasteiger partial charge on any atom is 0.348 e. The number of methoxy groups -OCH3 is 1. The van der Waals surface area contributed by atoms with Gasteiger partial charge < -0.3 is 4.74 Å². The van der Waals surface area contributed by atoms with Crippen molar-refractivity contribution in [2.45, 2.75) is 25.7 Å². The van der Waals surface area contributed by atoms with E-state index in [0.29, 0.717) is 0 Å². The maximum atomic E-state index is 11.5. The molecule has 2 nitrogen and oxygen atoms in total. The van der Waals surface area contributed by atoms with Crippen LogP contribution in [0.5, 0.6) is 0 Å². The molecule has 14 heavy (non-hydrogen) atoms. The Balaban J connectivity index is 2.46. The van der Waals surface area contributed by atoms with Crippen molar-refractivity contribution in [3.05, 3.63) is 18.9 Å². The third-order valence-electron chi connectivity index (χ3n) is 2.54. The fourth-order valence-electron chi connectivity index (χ4n) is 1.84. The van der Waals surface area contributed by atoms with E-state index < -0.39 is 0 Å². The molecule has 0 saturated carbocycles. The van der Waals surface area contributed by atoms with Crippen molar-refractivity contribution in [1.29, 1.82) is 0 Å². The van der Waals surface area contributed by atoms with Crippen LogP contribution in [0, 0.1) is 2.88 Å². The Morgan fingerprint density at radius 3 is 2.64 bits per heavy atom. The zero-order valence-corrected chi connectivity index (χ0v) is 10.9. The number of ether oxygens (including phenoxy) is 1. The summed E-state index contributed by atoms with van der Waals surface area (Å²) in [7, 11) is 1.45. The molecule has 1 heterocycles. The second-order valence-electron chi connectivity index (χ2n) is 3.36. The zero-order chi connectivity index (χ0) is 10.1. The van der Waals surface area contributed by atoms with Gasteiger partial charge in [0.2, 0.25) is 0 Å². The van der Waals surface area contributed by atoms with Crippen LogP contribution in [0.1, 0.15) is 33.6 Å². The minimum atomic E-state index is -0.170. The topological polar surface area (TPSA) is 26.3 Å². The number of esters is 1. The molecule has 76 valence electrons. The summed E-state index contributed by atoms with van der Waals surface area (Å²) in [6, 6.07) is 0. The van der Waals surface area contributed by atoms with Gasteiger partial charge in [-0.05, 0) is 59.4 Å². The Morgan fingerprint density at radius 1 is 1.36 bits per heavy atom. The molecule has 0 unspecified atom stereocenters. The van der Waals surface area contributed by atoms with Crippen LogP contribution in [0.25, 0.3) is 0 Å². The zero-order valence-electron chi connectivity index (χ0n) is 7.93. The van der Waals surface area contributed by atoms with Gasteiger partial charge in [0.05, 0.1) is 9.99 Å². The second-order valence-corrected chi connectivity index (χ2v) is 6.19. The van der Waals surface area contributed by atoms with Crippen molar-refractivity contribution in [2.24, 2.45) is 0 Å². The van der Waals surface area contributed by atoms with Crippen LogP contribution >= 0.6 is 33.9 Å². The molecule has 1 aliphatic rings. The number of thiophene rings is 1. The fourth-order valence-corrected chi connectivity index (χ4v) is 4.14. The minimum absolute atomic E-state index is 0.170. The largest absolute Gasteiger partial charge is 0.465 e. The van der Waals surface area contributed by atoms with Gasteiger partial charge >= 0.3 is 5.97 Å². The molecule has 1 aromatic heterocycles. The van der Waals surface area contributed by atoms with Gasteiger partial charge in [0.25, 0.3) is 0 Å². The molecular formula is C10H11IO2S. The van der Waals surface area contributed by atoms with Gasteiger partial charge in [-0.15, -0.1) is 11.3 Å². The highest BCUT2D eigenvalue weighted by Crippen LogP contribution is 2.35. The van der Waals surface area contributed by atoms with Crippen LogP contribution in [0.4, 0.5) is 0 Å². The Hall–Kier alpha value is -0.100. The molecule has 0 fully saturated rings. The quantitative estimate of drug-likeness (QED) is 0.587. The standard InChI is InChI=1S/C10H11IO2S/c1-13-10(12)8-6-4-2-3-5-7(6)9(11)14-8/h2-5H2,1H3. The molecule has 0 aromatic carbocycles. The number of hydrogen-bond donors (Lipinski definition) is 0. The van der Waals surface area contributed by atoms with E-state index in [4.69, 9.17) is 4.74 Å². The van der Waals surface area contributed by atoms with E-state index in [2.05, 4.69) is 22.6 Å². The normalized spacial score (nSPS) is 15.0. The minimum Gasteiger partial charge on any atom is -0.465 e. The predicted octanol–water partition coefficient (Wildman–Crippen LogP) is 3.02. The summed E-state index contributed by atoms with van der Waals surface area (Å²) in [5.74, 6) is -0.170. The van der Waals surface area contributed by atoms with Gasteiger partial charge in [0.1, 0.15) is 4.88 Å². The van der Waals surface area contributed by atoms with Crippen LogP contribution in [0.15, 0.2) is 0 Å². The summed E-state index contributed by atoms with van der Waals surface area (Å²) in [6.45, 7) is 0. The molecule has 0 saturated heterocycles. The van der Waals surface area contributed by atoms with Crippen LogP contribution in [0.2, 0.25) is 0 Å². The molecular weight excluding hydrogens is 311 g/mol. The highest BCUT2D eigenvalue weighted by Gasteiger charge is 2.23. The van der Waals surface area contributed by atoms with Gasteiger partial charge in [-0.1, -0.05) is 0 Å². The molecule has 0 atom stereocenters. The number of carbonyl (C=O) groups excluding carboxylic acids is 1. The predicted molar refractivity (Wildman–Crippen MR) is 65.0 cm³/mol. The molecule has 0 N–H and O–H groups in total. The van der Waals surface area contributed by atoms with Crippen molar-refractivity contribution < 1.29 is 9.53 Å². The molecule has 0 amide bonds. The third-order valence-corrected chi connectivity index (χ3v) is 4.90. The average Bonchev–Trinajstić information content (AvgIpc) is 2.56. The van der Waals surface area contributed by atoms with Gasteiger partial charge in [-0.25, -0.2) is 4.79 Å². The lowest BCUT2D eigenvalue weighted by Gasteiger charge is -2.12. The van der Waals surface area contributed by atoms with E-state index in [9.17, 15) is 4.79 Å². The van der Waals surface area contributed by atoms with Crippen LogP contribution in [0.3, 0.4) is 0 Å². The van der Waals surface area contributed by atoms with Gasteiger partial charge in [-0.3, -0.25) is 0 Å². The summed E-state index contributed by atoms with van der Waals surface area (Å²) < 4.78 is 6.05. The van der Waals surface area contributed by atoms with Crippen molar-refractivity contribution in [3.8, 4) is 0 Å². The summed E-state index contributed by atoms with van der Waals surface area (Å²) in [6.07, 6.45) is 4.62. The number of rotatable bonds is 1. The summed E-state index contributed by atoms with van der Waals surface area (Å²) >= 11 is 3.90. The van der Waals surface area contributed by atoms with Crippen molar-refractivity contribution in [3.63, 3.8) is 0 Å². The fraction of sp³-hybridized carbons (Fsp3) is 0.500. The van der Waals surface area contributed by atoms with E-state index in [-0.39, 0.29) is 5.97 Å². The van der Waals surface area contributed by atoms with Crippen LogP contribution < -0.4 is 0 Å². The number of fused-ring (bicyclic) bond motifs is 1. The molecule has 0 spiro atoms. The molecule has 0 radical (unpaired) electrons. The highest BCUT2D eigenvalue weighted by molar-refractivity contribution is 14.1. The average molecular weight is 322 g/mol. The first kappa shape index (κ1) is 10.4. The van der Waals surface area contributed by atoms with Crippen LogP contribution in [-0.4, -0.2) is 13.1 Å². The monoisotopic (exact) mass is 322 g/mol. The molecule has 0 aliphatic heterocycles. The molecule has 0 bridgehead atoms. The number of hydrogen-bond acceptors (Lipinski definition) is 3. The van der Waals surface area contributed by atoms with E-state index in [1.54, 1.807) is 11.3 Å². The van der Waals surface area contributed by atoms with E-state index >= 15 is 0 Å². The maximum absolute atomic E-state index is 11.5. The van der Waals surface area contributed by atoms with Gasteiger partial charge in [0.15, 0.2) is 0 Å². The SMILES string of the molecule is COC(=O)c1sc(I)c2c1CCCC2. The Bertz CT molecular complexity index is 370. The van der Waals surface area contributed by atoms with E-state index in [1.807, 2.05) is 0 Å². The van der Waals surface area contributed by atoms with E-state index in [1.165, 1.54) is 34.0 Å².